The van der Waals surface area contributed by atoms with Gasteiger partial charge in [0.05, 0.1) is 12.1 Å². The number of carbonyl (C=O) groups is 1. The Morgan fingerprint density at radius 1 is 1.38 bits per heavy atom. The summed E-state index contributed by atoms with van der Waals surface area (Å²) in [7, 11) is 0. The number of hydrogen-bond donors (Lipinski definition) is 2. The van der Waals surface area contributed by atoms with E-state index in [4.69, 9.17) is 10.5 Å². The zero-order valence-electron chi connectivity index (χ0n) is 15.3. The lowest BCUT2D eigenvalue weighted by Crippen LogP contribution is -2.59. The SMILES string of the molecule is CC(C)(C)CC(N)C(=O)NC1(C#N)CCN(C2CCOCC2)CC1. The third-order valence-electron chi connectivity index (χ3n) is 5.10. The van der Waals surface area contributed by atoms with Gasteiger partial charge in [-0.25, -0.2) is 0 Å². The number of rotatable bonds is 4. The molecule has 0 aromatic rings. The maximum atomic E-state index is 12.4. The molecular formula is C18H32N4O2. The van der Waals surface area contributed by atoms with Gasteiger partial charge in [0.2, 0.25) is 5.91 Å². The summed E-state index contributed by atoms with van der Waals surface area (Å²) >= 11 is 0. The third-order valence-corrected chi connectivity index (χ3v) is 5.10. The Bertz CT molecular complexity index is 466. The van der Waals surface area contributed by atoms with E-state index < -0.39 is 11.6 Å². The van der Waals surface area contributed by atoms with Crippen LogP contribution in [0, 0.1) is 16.7 Å². The minimum atomic E-state index is -0.770. The molecule has 6 heteroatoms. The highest BCUT2D eigenvalue weighted by molar-refractivity contribution is 5.82. The molecule has 2 heterocycles. The Hall–Kier alpha value is -1.16. The highest BCUT2D eigenvalue weighted by Crippen LogP contribution is 2.27. The van der Waals surface area contributed by atoms with Gasteiger partial charge in [-0.05, 0) is 37.5 Å². The Labute approximate surface area is 145 Å². The summed E-state index contributed by atoms with van der Waals surface area (Å²) in [5, 5.41) is 12.6. The van der Waals surface area contributed by atoms with E-state index in [0.717, 1.165) is 39.1 Å². The van der Waals surface area contributed by atoms with Crippen molar-refractivity contribution in [3.8, 4) is 6.07 Å². The molecule has 0 aromatic heterocycles. The molecule has 0 aliphatic carbocycles. The molecule has 0 spiro atoms. The van der Waals surface area contributed by atoms with Crippen molar-refractivity contribution in [1.82, 2.24) is 10.2 Å². The van der Waals surface area contributed by atoms with Gasteiger partial charge in [0.15, 0.2) is 0 Å². The van der Waals surface area contributed by atoms with E-state index in [2.05, 4.69) is 37.1 Å². The van der Waals surface area contributed by atoms with E-state index in [0.29, 0.717) is 25.3 Å². The normalized spacial score (nSPS) is 24.1. The number of carbonyl (C=O) groups excluding carboxylic acids is 1. The first-order valence-corrected chi connectivity index (χ1v) is 9.05. The van der Waals surface area contributed by atoms with Crippen molar-refractivity contribution in [2.45, 2.75) is 70.5 Å². The average Bonchev–Trinajstić information content (AvgIpc) is 2.54. The summed E-state index contributed by atoms with van der Waals surface area (Å²) in [6, 6.07) is 2.33. The number of nitrogens with two attached hydrogens (primary N) is 1. The van der Waals surface area contributed by atoms with Crippen molar-refractivity contribution in [1.29, 1.82) is 5.26 Å². The summed E-state index contributed by atoms with van der Waals surface area (Å²) < 4.78 is 5.42. The fraction of sp³-hybridized carbons (Fsp3) is 0.889. The van der Waals surface area contributed by atoms with Crippen LogP contribution in [0.25, 0.3) is 0 Å². The van der Waals surface area contributed by atoms with Crippen molar-refractivity contribution >= 4 is 5.91 Å². The molecule has 0 bridgehead atoms. The van der Waals surface area contributed by atoms with Gasteiger partial charge in [-0.2, -0.15) is 5.26 Å². The number of nitrogens with zero attached hydrogens (tertiary/aromatic N) is 2. The van der Waals surface area contributed by atoms with E-state index in [1.807, 2.05) is 0 Å². The summed E-state index contributed by atoms with van der Waals surface area (Å²) in [5.41, 5.74) is 5.25. The van der Waals surface area contributed by atoms with E-state index >= 15 is 0 Å². The summed E-state index contributed by atoms with van der Waals surface area (Å²) in [5.74, 6) is -0.203. The zero-order valence-corrected chi connectivity index (χ0v) is 15.3. The van der Waals surface area contributed by atoms with Gasteiger partial charge >= 0.3 is 0 Å². The van der Waals surface area contributed by atoms with Crippen LogP contribution >= 0.6 is 0 Å². The standard InChI is InChI=1S/C18H32N4O2/c1-17(2,3)12-15(20)16(23)21-18(13-19)6-8-22(9-7-18)14-4-10-24-11-5-14/h14-15H,4-12,20H2,1-3H3,(H,21,23). The van der Waals surface area contributed by atoms with Crippen LogP contribution in [-0.4, -0.2) is 54.7 Å². The van der Waals surface area contributed by atoms with Gasteiger partial charge in [-0.3, -0.25) is 9.69 Å². The molecule has 2 rings (SSSR count). The number of likely N-dealkylation sites (tertiary alicyclic amines) is 1. The highest BCUT2D eigenvalue weighted by atomic mass is 16.5. The quantitative estimate of drug-likeness (QED) is 0.810. The summed E-state index contributed by atoms with van der Waals surface area (Å²) in [6.45, 7) is 9.51. The van der Waals surface area contributed by atoms with Crippen LogP contribution in [0.2, 0.25) is 0 Å². The summed E-state index contributed by atoms with van der Waals surface area (Å²) in [4.78, 5) is 14.9. The fourth-order valence-corrected chi connectivity index (χ4v) is 3.67. The van der Waals surface area contributed by atoms with E-state index in [1.165, 1.54) is 0 Å². The molecule has 0 saturated carbocycles. The predicted molar refractivity (Wildman–Crippen MR) is 93.2 cm³/mol. The second kappa shape index (κ2) is 7.81. The van der Waals surface area contributed by atoms with Crippen molar-refractivity contribution in [3.63, 3.8) is 0 Å². The zero-order chi connectivity index (χ0) is 17.8. The topological polar surface area (TPSA) is 91.4 Å². The lowest BCUT2D eigenvalue weighted by Gasteiger charge is -2.42. The number of amides is 1. The van der Waals surface area contributed by atoms with Gasteiger partial charge in [0.25, 0.3) is 0 Å². The Morgan fingerprint density at radius 3 is 2.46 bits per heavy atom. The Morgan fingerprint density at radius 2 is 1.96 bits per heavy atom. The third kappa shape index (κ3) is 5.17. The molecular weight excluding hydrogens is 304 g/mol. The van der Waals surface area contributed by atoms with Crippen molar-refractivity contribution in [2.24, 2.45) is 11.1 Å². The first kappa shape index (κ1) is 19.2. The fourth-order valence-electron chi connectivity index (χ4n) is 3.67. The van der Waals surface area contributed by atoms with Crippen molar-refractivity contribution < 1.29 is 9.53 Å². The first-order chi connectivity index (χ1) is 11.2. The predicted octanol–water partition coefficient (Wildman–Crippen LogP) is 1.40. The van der Waals surface area contributed by atoms with Gasteiger partial charge < -0.3 is 15.8 Å². The Kier molecular flexibility index (Phi) is 6.24. The molecule has 136 valence electrons. The van der Waals surface area contributed by atoms with E-state index in [-0.39, 0.29) is 11.3 Å². The maximum absolute atomic E-state index is 12.4. The highest BCUT2D eigenvalue weighted by Gasteiger charge is 2.39. The number of hydrogen-bond acceptors (Lipinski definition) is 5. The molecule has 6 nitrogen and oxygen atoms in total. The second-order valence-electron chi connectivity index (χ2n) is 8.43. The second-order valence-corrected chi connectivity index (χ2v) is 8.43. The van der Waals surface area contributed by atoms with Gasteiger partial charge in [-0.1, -0.05) is 20.8 Å². The minimum absolute atomic E-state index is 0.0109. The monoisotopic (exact) mass is 336 g/mol. The van der Waals surface area contributed by atoms with Crippen LogP contribution in [0.3, 0.4) is 0 Å². The van der Waals surface area contributed by atoms with Crippen LogP contribution in [0.15, 0.2) is 0 Å². The molecule has 2 aliphatic rings. The molecule has 2 fully saturated rings. The largest absolute Gasteiger partial charge is 0.381 e. The number of nitrogens with one attached hydrogen (secondary N) is 1. The maximum Gasteiger partial charge on any atom is 0.238 e. The molecule has 3 N–H and O–H groups in total. The minimum Gasteiger partial charge on any atom is -0.381 e. The van der Waals surface area contributed by atoms with Gasteiger partial charge in [-0.15, -0.1) is 0 Å². The molecule has 1 amide bonds. The number of ether oxygens (including phenoxy) is 1. The lowest BCUT2D eigenvalue weighted by molar-refractivity contribution is -0.125. The molecule has 1 atom stereocenters. The van der Waals surface area contributed by atoms with E-state index in [1.54, 1.807) is 0 Å². The number of nitriles is 1. The van der Waals surface area contributed by atoms with Crippen LogP contribution in [0.4, 0.5) is 0 Å². The molecule has 2 saturated heterocycles. The average molecular weight is 336 g/mol. The lowest BCUT2D eigenvalue weighted by atomic mass is 9.85. The van der Waals surface area contributed by atoms with Crippen molar-refractivity contribution in [2.75, 3.05) is 26.3 Å². The van der Waals surface area contributed by atoms with Crippen LogP contribution in [0.1, 0.15) is 52.9 Å². The summed E-state index contributed by atoms with van der Waals surface area (Å²) in [6.07, 6.45) is 4.04. The van der Waals surface area contributed by atoms with Crippen LogP contribution in [0.5, 0.6) is 0 Å². The smallest absolute Gasteiger partial charge is 0.238 e. The van der Waals surface area contributed by atoms with Crippen LogP contribution < -0.4 is 11.1 Å². The first-order valence-electron chi connectivity index (χ1n) is 9.05. The molecule has 0 radical (unpaired) electrons. The van der Waals surface area contributed by atoms with Crippen LogP contribution in [-0.2, 0) is 9.53 Å². The number of piperidine rings is 1. The molecule has 24 heavy (non-hydrogen) atoms. The Balaban J connectivity index is 1.89. The molecule has 2 aliphatic heterocycles. The molecule has 0 aromatic carbocycles. The molecule has 1 unspecified atom stereocenters. The van der Waals surface area contributed by atoms with Gasteiger partial charge in [0, 0.05) is 32.3 Å². The van der Waals surface area contributed by atoms with Crippen molar-refractivity contribution in [3.05, 3.63) is 0 Å². The van der Waals surface area contributed by atoms with Gasteiger partial charge in [0.1, 0.15) is 5.54 Å². The van der Waals surface area contributed by atoms with E-state index in [9.17, 15) is 10.1 Å².